The van der Waals surface area contributed by atoms with Crippen LogP contribution in [0.25, 0.3) is 0 Å². The fraction of sp³-hybridized carbons (Fsp3) is 0.917. The molecule has 0 unspecified atom stereocenters. The van der Waals surface area contributed by atoms with E-state index in [-0.39, 0.29) is 45.7 Å². The quantitative estimate of drug-likeness (QED) is 0.512. The maximum atomic E-state index is 5.98. The van der Waals surface area contributed by atoms with E-state index in [0.717, 1.165) is 12.5 Å². The molecule has 2 rings (SSSR count). The fourth-order valence-corrected chi connectivity index (χ4v) is 3.28. The van der Waals surface area contributed by atoms with Crippen molar-refractivity contribution in [2.45, 2.75) is 52.1 Å². The molecule has 0 bridgehead atoms. The second-order valence-electron chi connectivity index (χ2n) is 5.42. The predicted octanol–water partition coefficient (Wildman–Crippen LogP) is 0.197. The Labute approximate surface area is 121 Å². The van der Waals surface area contributed by atoms with Crippen molar-refractivity contribution < 1.29 is 44.8 Å². The van der Waals surface area contributed by atoms with E-state index in [1.54, 1.807) is 0 Å². The molecule has 2 radical (unpaired) electrons. The number of halogens is 1. The van der Waals surface area contributed by atoms with Gasteiger partial charge in [-0.2, -0.15) is 0 Å². The molecule has 1 nitrogen and oxygen atoms in total. The third-order valence-corrected chi connectivity index (χ3v) is 4.02. The van der Waals surface area contributed by atoms with E-state index in [1.807, 2.05) is 0 Å². The molecule has 84 valence electrons. The van der Waals surface area contributed by atoms with Gasteiger partial charge in [-0.15, -0.1) is 0 Å². The Morgan fingerprint density at radius 1 is 1.27 bits per heavy atom. The van der Waals surface area contributed by atoms with Gasteiger partial charge >= 0.3 is 27.7 Å². The Kier molecular flexibility index (Phi) is 6.13. The molecule has 2 fully saturated rings. The molecule has 3 heteroatoms. The first-order chi connectivity index (χ1) is 6.05. The second kappa shape index (κ2) is 5.68. The van der Waals surface area contributed by atoms with Crippen LogP contribution in [0.3, 0.4) is 0 Å². The van der Waals surface area contributed by atoms with Crippen molar-refractivity contribution >= 4 is 0 Å². The minimum absolute atomic E-state index is 0. The summed E-state index contributed by atoms with van der Waals surface area (Å²) in [4.78, 5) is 0. The van der Waals surface area contributed by atoms with Crippen LogP contribution in [0.1, 0.15) is 46.5 Å². The van der Waals surface area contributed by atoms with Crippen LogP contribution in [0, 0.1) is 17.8 Å². The minimum atomic E-state index is 0. The van der Waals surface area contributed by atoms with Crippen molar-refractivity contribution in [3.63, 3.8) is 0 Å². The van der Waals surface area contributed by atoms with Gasteiger partial charge in [-0.1, -0.05) is 13.8 Å². The number of ether oxygens (including phenoxy) is 1. The summed E-state index contributed by atoms with van der Waals surface area (Å²) in [6, 6.07) is 0. The molecule has 15 heavy (non-hydrogen) atoms. The first-order valence-corrected chi connectivity index (χ1v) is 5.53. The van der Waals surface area contributed by atoms with Crippen LogP contribution in [-0.2, 0) is 32.4 Å². The van der Waals surface area contributed by atoms with E-state index in [2.05, 4.69) is 27.2 Å². The molecule has 2 aliphatic rings. The second-order valence-corrected chi connectivity index (χ2v) is 5.42. The molecule has 1 aliphatic carbocycles. The van der Waals surface area contributed by atoms with Crippen LogP contribution in [0.2, 0.25) is 0 Å². The van der Waals surface area contributed by atoms with Crippen molar-refractivity contribution in [3.05, 3.63) is 6.42 Å². The molecule has 2 atom stereocenters. The maximum absolute atomic E-state index is 5.98. The molecular formula is C12H21ClHgO. The Hall–Kier alpha value is 1.19. The Balaban J connectivity index is 0.000000980. The van der Waals surface area contributed by atoms with Crippen molar-refractivity contribution in [2.24, 2.45) is 11.3 Å². The van der Waals surface area contributed by atoms with Crippen molar-refractivity contribution in [1.29, 1.82) is 0 Å². The van der Waals surface area contributed by atoms with E-state index in [1.165, 1.54) is 25.7 Å². The molecule has 1 aliphatic heterocycles. The summed E-state index contributed by atoms with van der Waals surface area (Å²) >= 11 is 0. The molecule has 0 aromatic carbocycles. The monoisotopic (exact) mass is 418 g/mol. The third-order valence-electron chi connectivity index (χ3n) is 4.02. The first-order valence-electron chi connectivity index (χ1n) is 5.53. The summed E-state index contributed by atoms with van der Waals surface area (Å²) in [6.07, 6.45) is 7.53. The molecule has 0 spiro atoms. The number of fused-ring (bicyclic) bond motifs is 1. The summed E-state index contributed by atoms with van der Waals surface area (Å²) < 4.78 is 5.98. The van der Waals surface area contributed by atoms with Crippen LogP contribution in [0.4, 0.5) is 0 Å². The van der Waals surface area contributed by atoms with Gasteiger partial charge in [0.2, 0.25) is 0 Å². The number of rotatable bonds is 0. The molecule has 1 saturated heterocycles. The molecule has 1 saturated carbocycles. The van der Waals surface area contributed by atoms with Gasteiger partial charge < -0.3 is 17.1 Å². The van der Waals surface area contributed by atoms with Crippen LogP contribution in [-0.4, -0.2) is 12.2 Å². The standard InChI is InChI=1S/C12H21O.ClH.Hg/c1-11(2)7-5-8-12(3)10(11)6-4-9-13-12;;/h7,10H,4-6,8-9H2,1-3H3;1H;/q;;+1/p-1/t10-,12-;;/m0../s1. The van der Waals surface area contributed by atoms with Crippen LogP contribution < -0.4 is 12.4 Å². The number of hydrogen-bond acceptors (Lipinski definition) is 1. The van der Waals surface area contributed by atoms with Gasteiger partial charge in [0.05, 0.1) is 5.60 Å². The molecule has 1 heterocycles. The summed E-state index contributed by atoms with van der Waals surface area (Å²) in [5, 5.41) is 0. The van der Waals surface area contributed by atoms with Gasteiger partial charge in [0.1, 0.15) is 0 Å². The van der Waals surface area contributed by atoms with Crippen molar-refractivity contribution in [2.75, 3.05) is 6.61 Å². The Bertz CT molecular complexity index is 204. The van der Waals surface area contributed by atoms with E-state index >= 15 is 0 Å². The zero-order chi connectivity index (χ0) is 9.53. The first kappa shape index (κ1) is 16.2. The average molecular weight is 417 g/mol. The van der Waals surface area contributed by atoms with E-state index in [9.17, 15) is 0 Å². The molecule has 0 N–H and O–H groups in total. The summed E-state index contributed by atoms with van der Waals surface area (Å²) in [5.41, 5.74) is 0.559. The summed E-state index contributed by atoms with van der Waals surface area (Å²) in [6.45, 7) is 8.02. The smallest absolute Gasteiger partial charge is 1.00 e. The van der Waals surface area contributed by atoms with E-state index in [0.29, 0.717) is 5.41 Å². The normalized spacial score (nSPS) is 38.2. The number of hydrogen-bond donors (Lipinski definition) is 0. The SMILES string of the molecule is CC1(C)[CH]CC[C@]2(C)OCCC[C@@H]12.[Cl-].[Hg+]. The van der Waals surface area contributed by atoms with Gasteiger partial charge in [-0.25, -0.2) is 0 Å². The molecule has 0 amide bonds. The van der Waals surface area contributed by atoms with Gasteiger partial charge in [-0.3, -0.25) is 0 Å². The molecule has 0 aromatic rings. The Morgan fingerprint density at radius 2 is 1.93 bits per heavy atom. The summed E-state index contributed by atoms with van der Waals surface area (Å²) in [5.74, 6) is 0.738. The van der Waals surface area contributed by atoms with Crippen molar-refractivity contribution in [1.82, 2.24) is 0 Å². The van der Waals surface area contributed by atoms with Crippen molar-refractivity contribution in [3.8, 4) is 0 Å². The van der Waals surface area contributed by atoms with E-state index < -0.39 is 0 Å². The average Bonchev–Trinajstić information content (AvgIpc) is 2.02. The van der Waals surface area contributed by atoms with E-state index in [4.69, 9.17) is 4.74 Å². The molecular weight excluding hydrogens is 396 g/mol. The predicted molar refractivity (Wildman–Crippen MR) is 54.4 cm³/mol. The van der Waals surface area contributed by atoms with Crippen LogP contribution >= 0.6 is 0 Å². The zero-order valence-electron chi connectivity index (χ0n) is 10.2. The largest absolute Gasteiger partial charge is 1.00 e. The Morgan fingerprint density at radius 3 is 2.53 bits per heavy atom. The summed E-state index contributed by atoms with van der Waals surface area (Å²) in [7, 11) is 0. The third kappa shape index (κ3) is 3.10. The van der Waals surface area contributed by atoms with Gasteiger partial charge in [0.15, 0.2) is 0 Å². The topological polar surface area (TPSA) is 9.23 Å². The minimum Gasteiger partial charge on any atom is -1.00 e. The zero-order valence-corrected chi connectivity index (χ0v) is 16.4. The van der Waals surface area contributed by atoms with Gasteiger partial charge in [-0.05, 0) is 50.4 Å². The molecule has 0 aromatic heterocycles. The fourth-order valence-electron chi connectivity index (χ4n) is 3.28. The van der Waals surface area contributed by atoms with Gasteiger partial charge in [0, 0.05) is 6.61 Å². The van der Waals surface area contributed by atoms with Crippen LogP contribution in [0.5, 0.6) is 0 Å². The van der Waals surface area contributed by atoms with Crippen LogP contribution in [0.15, 0.2) is 0 Å². The maximum Gasteiger partial charge on any atom is 1.00 e. The van der Waals surface area contributed by atoms with Gasteiger partial charge in [0.25, 0.3) is 0 Å².